The maximum absolute atomic E-state index is 12.8. The topological polar surface area (TPSA) is 60.2 Å². The van der Waals surface area contributed by atoms with Gasteiger partial charge in [-0.3, -0.25) is 9.78 Å². The summed E-state index contributed by atoms with van der Waals surface area (Å²) in [6, 6.07) is 3.60. The largest absolute Gasteiger partial charge is 0.384 e. The molecule has 4 rings (SSSR count). The van der Waals surface area contributed by atoms with Crippen molar-refractivity contribution in [2.24, 2.45) is 5.92 Å². The highest BCUT2D eigenvalue weighted by Gasteiger charge is 2.33. The molecule has 1 saturated carbocycles. The first kappa shape index (κ1) is 15.3. The van der Waals surface area contributed by atoms with Gasteiger partial charge in [0.15, 0.2) is 0 Å². The molecular weight excluding hydrogens is 304 g/mol. The second-order valence-electron chi connectivity index (χ2n) is 6.75. The molecule has 1 aliphatic carbocycles. The van der Waals surface area contributed by atoms with E-state index in [1.54, 1.807) is 25.6 Å². The van der Waals surface area contributed by atoms with Gasteiger partial charge in [-0.05, 0) is 30.9 Å². The summed E-state index contributed by atoms with van der Waals surface area (Å²) in [4.78, 5) is 23.3. The SMILES string of the molecule is COC[C@@H]1CN(C(=O)c2cccnc2)Cc2ncn(CC3CC3)c21. The van der Waals surface area contributed by atoms with E-state index in [0.717, 1.165) is 18.2 Å². The van der Waals surface area contributed by atoms with E-state index in [2.05, 4.69) is 14.5 Å². The Balaban J connectivity index is 1.60. The lowest BCUT2D eigenvalue weighted by molar-refractivity contribution is 0.0672. The van der Waals surface area contributed by atoms with Crippen molar-refractivity contribution in [3.8, 4) is 0 Å². The van der Waals surface area contributed by atoms with Gasteiger partial charge < -0.3 is 14.2 Å². The molecule has 0 bridgehead atoms. The minimum absolute atomic E-state index is 0.00611. The van der Waals surface area contributed by atoms with Gasteiger partial charge in [-0.2, -0.15) is 0 Å². The van der Waals surface area contributed by atoms with Crippen LogP contribution in [0.1, 0.15) is 40.5 Å². The summed E-state index contributed by atoms with van der Waals surface area (Å²) in [5, 5.41) is 0. The number of hydrogen-bond acceptors (Lipinski definition) is 4. The number of rotatable bonds is 5. The van der Waals surface area contributed by atoms with Crippen molar-refractivity contribution >= 4 is 5.91 Å². The molecule has 0 saturated heterocycles. The number of imidazole rings is 1. The zero-order valence-electron chi connectivity index (χ0n) is 13.9. The average molecular weight is 326 g/mol. The summed E-state index contributed by atoms with van der Waals surface area (Å²) in [6.45, 7) is 2.85. The number of carbonyl (C=O) groups is 1. The van der Waals surface area contributed by atoms with Crippen LogP contribution in [-0.4, -0.2) is 45.6 Å². The zero-order chi connectivity index (χ0) is 16.5. The molecular formula is C18H22N4O2. The van der Waals surface area contributed by atoms with Crippen LogP contribution in [0.2, 0.25) is 0 Å². The molecule has 6 heteroatoms. The summed E-state index contributed by atoms with van der Waals surface area (Å²) in [7, 11) is 1.71. The van der Waals surface area contributed by atoms with Gasteiger partial charge in [0, 0.05) is 44.2 Å². The van der Waals surface area contributed by atoms with Gasteiger partial charge in [0.2, 0.25) is 0 Å². The molecule has 2 aromatic rings. The molecule has 126 valence electrons. The molecule has 0 spiro atoms. The van der Waals surface area contributed by atoms with Gasteiger partial charge in [0.05, 0.1) is 30.7 Å². The Bertz CT molecular complexity index is 724. The van der Waals surface area contributed by atoms with Crippen LogP contribution >= 0.6 is 0 Å². The molecule has 1 fully saturated rings. The zero-order valence-corrected chi connectivity index (χ0v) is 13.9. The average Bonchev–Trinajstić information content (AvgIpc) is 3.34. The maximum atomic E-state index is 12.8. The molecule has 24 heavy (non-hydrogen) atoms. The highest BCUT2D eigenvalue weighted by atomic mass is 16.5. The van der Waals surface area contributed by atoms with Crippen LogP contribution < -0.4 is 0 Å². The molecule has 1 atom stereocenters. The normalized spacial score (nSPS) is 20.0. The minimum Gasteiger partial charge on any atom is -0.384 e. The molecule has 0 radical (unpaired) electrons. The number of ether oxygens (including phenoxy) is 1. The van der Waals surface area contributed by atoms with Crippen LogP contribution in [0.15, 0.2) is 30.9 Å². The Hall–Kier alpha value is -2.21. The van der Waals surface area contributed by atoms with E-state index in [-0.39, 0.29) is 11.8 Å². The van der Waals surface area contributed by atoms with Crippen molar-refractivity contribution in [3.63, 3.8) is 0 Å². The van der Waals surface area contributed by atoms with E-state index in [0.29, 0.717) is 25.3 Å². The van der Waals surface area contributed by atoms with E-state index < -0.39 is 0 Å². The van der Waals surface area contributed by atoms with Gasteiger partial charge >= 0.3 is 0 Å². The highest BCUT2D eigenvalue weighted by molar-refractivity contribution is 5.94. The Morgan fingerprint density at radius 3 is 3.00 bits per heavy atom. The van der Waals surface area contributed by atoms with Gasteiger partial charge in [-0.15, -0.1) is 0 Å². The Kier molecular flexibility index (Phi) is 4.06. The molecule has 1 amide bonds. The lowest BCUT2D eigenvalue weighted by Crippen LogP contribution is -2.40. The summed E-state index contributed by atoms with van der Waals surface area (Å²) in [5.74, 6) is 0.966. The third-order valence-electron chi connectivity index (χ3n) is 4.84. The molecule has 1 aliphatic heterocycles. The van der Waals surface area contributed by atoms with Crippen LogP contribution in [-0.2, 0) is 17.8 Å². The number of nitrogens with zero attached hydrogens (tertiary/aromatic N) is 4. The number of pyridine rings is 1. The van der Waals surface area contributed by atoms with Gasteiger partial charge in [-0.25, -0.2) is 4.98 Å². The summed E-state index contributed by atoms with van der Waals surface area (Å²) in [5.41, 5.74) is 2.87. The second-order valence-corrected chi connectivity index (χ2v) is 6.75. The van der Waals surface area contributed by atoms with Crippen molar-refractivity contribution in [3.05, 3.63) is 47.8 Å². The van der Waals surface area contributed by atoms with Gasteiger partial charge in [-0.1, -0.05) is 0 Å². The molecule has 2 aliphatic rings. The predicted molar refractivity (Wildman–Crippen MR) is 88.5 cm³/mol. The number of hydrogen-bond donors (Lipinski definition) is 0. The number of fused-ring (bicyclic) bond motifs is 1. The fourth-order valence-corrected chi connectivity index (χ4v) is 3.51. The van der Waals surface area contributed by atoms with E-state index in [1.807, 2.05) is 17.3 Å². The van der Waals surface area contributed by atoms with Gasteiger partial charge in [0.1, 0.15) is 0 Å². The summed E-state index contributed by atoms with van der Waals surface area (Å²) in [6.07, 6.45) is 7.86. The lowest BCUT2D eigenvalue weighted by atomic mass is 9.98. The van der Waals surface area contributed by atoms with Crippen LogP contribution in [0, 0.1) is 5.92 Å². The van der Waals surface area contributed by atoms with Crippen LogP contribution in [0.25, 0.3) is 0 Å². The van der Waals surface area contributed by atoms with Crippen LogP contribution in [0.4, 0.5) is 0 Å². The van der Waals surface area contributed by atoms with Gasteiger partial charge in [0.25, 0.3) is 5.91 Å². The fourth-order valence-electron chi connectivity index (χ4n) is 3.51. The number of aromatic nitrogens is 3. The molecule has 6 nitrogen and oxygen atoms in total. The molecule has 3 heterocycles. The van der Waals surface area contributed by atoms with Crippen molar-refractivity contribution in [1.82, 2.24) is 19.4 Å². The molecule has 0 unspecified atom stereocenters. The first-order valence-corrected chi connectivity index (χ1v) is 8.48. The van der Waals surface area contributed by atoms with Crippen molar-refractivity contribution in [2.75, 3.05) is 20.3 Å². The quantitative estimate of drug-likeness (QED) is 0.844. The third kappa shape index (κ3) is 2.94. The number of amides is 1. The van der Waals surface area contributed by atoms with Crippen molar-refractivity contribution in [1.29, 1.82) is 0 Å². The summed E-state index contributed by atoms with van der Waals surface area (Å²) >= 11 is 0. The van der Waals surface area contributed by atoms with E-state index in [4.69, 9.17) is 4.74 Å². The van der Waals surface area contributed by atoms with E-state index >= 15 is 0 Å². The number of methoxy groups -OCH3 is 1. The van der Waals surface area contributed by atoms with Crippen LogP contribution in [0.3, 0.4) is 0 Å². The van der Waals surface area contributed by atoms with Crippen molar-refractivity contribution in [2.45, 2.75) is 31.8 Å². The van der Waals surface area contributed by atoms with E-state index in [1.165, 1.54) is 18.5 Å². The second kappa shape index (κ2) is 6.36. The third-order valence-corrected chi connectivity index (χ3v) is 4.84. The first-order chi connectivity index (χ1) is 11.8. The Labute approximate surface area is 141 Å². The highest BCUT2D eigenvalue weighted by Crippen LogP contribution is 2.34. The molecule has 2 aromatic heterocycles. The minimum atomic E-state index is 0.00611. The van der Waals surface area contributed by atoms with Crippen LogP contribution in [0.5, 0.6) is 0 Å². The Morgan fingerprint density at radius 1 is 1.42 bits per heavy atom. The van der Waals surface area contributed by atoms with Crippen molar-refractivity contribution < 1.29 is 9.53 Å². The maximum Gasteiger partial charge on any atom is 0.255 e. The standard InChI is InChI=1S/C18H22N4O2/c1-24-11-15-9-21(18(23)14-3-2-6-19-7-14)10-16-17(15)22(12-20-16)8-13-4-5-13/h2-3,6-7,12-13,15H,4-5,8-11H2,1H3/t15-/m0/s1. The predicted octanol–water partition coefficient (Wildman–Crippen LogP) is 2.07. The fraction of sp³-hybridized carbons (Fsp3) is 0.500. The smallest absolute Gasteiger partial charge is 0.255 e. The number of carbonyl (C=O) groups excluding carboxylic acids is 1. The monoisotopic (exact) mass is 326 g/mol. The Morgan fingerprint density at radius 2 is 2.29 bits per heavy atom. The summed E-state index contributed by atoms with van der Waals surface area (Å²) < 4.78 is 7.71. The molecule has 0 N–H and O–H groups in total. The lowest BCUT2D eigenvalue weighted by Gasteiger charge is -2.33. The van der Waals surface area contributed by atoms with E-state index in [9.17, 15) is 4.79 Å². The molecule has 0 aromatic carbocycles. The first-order valence-electron chi connectivity index (χ1n) is 8.48.